The molecule has 0 fully saturated rings. The van der Waals surface area contributed by atoms with Crippen LogP contribution >= 0.6 is 23.2 Å². The number of benzodiazepines with no additional fused rings is 1. The minimum absolute atomic E-state index is 0.303. The van der Waals surface area contributed by atoms with E-state index in [0.29, 0.717) is 32.6 Å². The van der Waals surface area contributed by atoms with Crippen LogP contribution in [0.1, 0.15) is 31.4 Å². The van der Waals surface area contributed by atoms with Gasteiger partial charge in [-0.3, -0.25) is 14.4 Å². The Bertz CT molecular complexity index is 1220. The van der Waals surface area contributed by atoms with E-state index in [4.69, 9.17) is 23.2 Å². The van der Waals surface area contributed by atoms with E-state index < -0.39 is 48.4 Å². The van der Waals surface area contributed by atoms with Gasteiger partial charge in [-0.15, -0.1) is 0 Å². The fourth-order valence-corrected chi connectivity index (χ4v) is 3.93. The average molecular weight is 543 g/mol. The first kappa shape index (κ1) is 27.5. The molecule has 1 aliphatic rings. The lowest BCUT2D eigenvalue weighted by atomic mass is 10.00. The van der Waals surface area contributed by atoms with Crippen LogP contribution < -0.4 is 15.5 Å². The maximum absolute atomic E-state index is 13.2. The molecule has 1 heterocycles. The lowest BCUT2D eigenvalue weighted by Gasteiger charge is -2.22. The third-order valence-electron chi connectivity index (χ3n) is 5.63. The maximum Gasteiger partial charge on any atom is 0.392 e. The Morgan fingerprint density at radius 1 is 1.11 bits per heavy atom. The number of anilines is 1. The summed E-state index contributed by atoms with van der Waals surface area (Å²) in [6, 6.07) is 10.4. The topological polar surface area (TPSA) is 90.9 Å². The van der Waals surface area contributed by atoms with E-state index in [-0.39, 0.29) is 0 Å². The molecule has 3 atom stereocenters. The van der Waals surface area contributed by atoms with Crippen LogP contribution in [0.3, 0.4) is 0 Å². The standard InChI is InChI=1S/C24H23Cl2F3N4O3/c1-12(24(27,28)29)10-19(34)30-13(2)22(35)32-21-23(36)33(3)18-9-8-14(25)11-16(18)20(31-21)15-6-4-5-7-17(15)26/h4-9,11-13,21H,10H2,1-3H3,(H,30,34)(H,32,35)/t12?,13-,21?/m0/s1. The first-order chi connectivity index (χ1) is 16.8. The van der Waals surface area contributed by atoms with Gasteiger partial charge in [0, 0.05) is 34.6 Å². The molecule has 192 valence electrons. The Balaban J connectivity index is 1.90. The molecule has 2 N–H and O–H groups in total. The predicted molar refractivity (Wildman–Crippen MR) is 131 cm³/mol. The lowest BCUT2D eigenvalue weighted by molar-refractivity contribution is -0.174. The number of likely N-dealkylation sites (N-methyl/N-ethyl adjacent to an activating group) is 1. The highest BCUT2D eigenvalue weighted by atomic mass is 35.5. The van der Waals surface area contributed by atoms with Gasteiger partial charge in [0.1, 0.15) is 6.04 Å². The predicted octanol–water partition coefficient (Wildman–Crippen LogP) is 4.34. The van der Waals surface area contributed by atoms with Gasteiger partial charge in [-0.25, -0.2) is 4.99 Å². The summed E-state index contributed by atoms with van der Waals surface area (Å²) in [5, 5.41) is 5.43. The van der Waals surface area contributed by atoms with Gasteiger partial charge in [0.2, 0.25) is 18.0 Å². The molecule has 0 aliphatic carbocycles. The second-order valence-corrected chi connectivity index (χ2v) is 9.21. The molecule has 12 heteroatoms. The van der Waals surface area contributed by atoms with Crippen LogP contribution in [-0.2, 0) is 14.4 Å². The van der Waals surface area contributed by atoms with Crippen molar-refractivity contribution in [2.75, 3.05) is 11.9 Å². The molecule has 0 aromatic heterocycles. The Morgan fingerprint density at radius 3 is 2.42 bits per heavy atom. The number of hydrogen-bond donors (Lipinski definition) is 2. The highest BCUT2D eigenvalue weighted by Crippen LogP contribution is 2.32. The molecule has 2 unspecified atom stereocenters. The molecule has 7 nitrogen and oxygen atoms in total. The molecular formula is C24H23Cl2F3N4O3. The van der Waals surface area contributed by atoms with E-state index in [1.165, 1.54) is 18.9 Å². The van der Waals surface area contributed by atoms with Crippen molar-refractivity contribution < 1.29 is 27.6 Å². The van der Waals surface area contributed by atoms with E-state index in [1.54, 1.807) is 42.5 Å². The van der Waals surface area contributed by atoms with Gasteiger partial charge < -0.3 is 15.5 Å². The second-order valence-electron chi connectivity index (χ2n) is 8.36. The molecule has 0 radical (unpaired) electrons. The molecule has 0 saturated heterocycles. The zero-order valence-electron chi connectivity index (χ0n) is 19.5. The Labute approximate surface area is 215 Å². The van der Waals surface area contributed by atoms with E-state index in [2.05, 4.69) is 15.6 Å². The highest BCUT2D eigenvalue weighted by Gasteiger charge is 2.38. The van der Waals surface area contributed by atoms with Gasteiger partial charge in [-0.05, 0) is 31.2 Å². The van der Waals surface area contributed by atoms with Crippen LogP contribution in [0, 0.1) is 5.92 Å². The third kappa shape index (κ3) is 6.17. The van der Waals surface area contributed by atoms with Gasteiger partial charge in [0.25, 0.3) is 5.91 Å². The van der Waals surface area contributed by atoms with Crippen molar-refractivity contribution in [2.45, 2.75) is 38.7 Å². The van der Waals surface area contributed by atoms with E-state index in [1.807, 2.05) is 0 Å². The zero-order chi connectivity index (χ0) is 26.8. The van der Waals surface area contributed by atoms with E-state index in [0.717, 1.165) is 6.92 Å². The van der Waals surface area contributed by atoms with Crippen molar-refractivity contribution in [2.24, 2.45) is 10.9 Å². The Morgan fingerprint density at radius 2 is 1.78 bits per heavy atom. The number of nitrogens with one attached hydrogen (secondary N) is 2. The largest absolute Gasteiger partial charge is 0.392 e. The highest BCUT2D eigenvalue weighted by molar-refractivity contribution is 6.37. The van der Waals surface area contributed by atoms with Gasteiger partial charge >= 0.3 is 6.18 Å². The maximum atomic E-state index is 13.2. The normalized spacial score (nSPS) is 17.4. The van der Waals surface area contributed by atoms with Crippen LogP contribution in [0.2, 0.25) is 10.0 Å². The number of carbonyl (C=O) groups excluding carboxylic acids is 3. The quantitative estimate of drug-likeness (QED) is 0.568. The molecule has 0 spiro atoms. The first-order valence-corrected chi connectivity index (χ1v) is 11.6. The first-order valence-electron chi connectivity index (χ1n) is 10.9. The van der Waals surface area contributed by atoms with Crippen LogP contribution in [-0.4, -0.2) is 48.9 Å². The summed E-state index contributed by atoms with van der Waals surface area (Å²) >= 11 is 12.6. The van der Waals surface area contributed by atoms with Crippen LogP contribution in [0.4, 0.5) is 18.9 Å². The molecule has 1 aliphatic heterocycles. The lowest BCUT2D eigenvalue weighted by Crippen LogP contribution is -2.52. The Kier molecular flexibility index (Phi) is 8.30. The number of nitrogens with zero attached hydrogens (tertiary/aromatic N) is 2. The van der Waals surface area contributed by atoms with Crippen LogP contribution in [0.5, 0.6) is 0 Å². The second kappa shape index (κ2) is 10.9. The molecule has 2 aromatic rings. The van der Waals surface area contributed by atoms with Crippen LogP contribution in [0.15, 0.2) is 47.5 Å². The van der Waals surface area contributed by atoms with E-state index >= 15 is 0 Å². The molecule has 0 bridgehead atoms. The van der Waals surface area contributed by atoms with Crippen molar-refractivity contribution in [1.82, 2.24) is 10.6 Å². The van der Waals surface area contributed by atoms with Crippen molar-refractivity contribution in [1.29, 1.82) is 0 Å². The number of hydrogen-bond acceptors (Lipinski definition) is 4. The number of rotatable bonds is 6. The van der Waals surface area contributed by atoms with Crippen LogP contribution in [0.25, 0.3) is 0 Å². The molecular weight excluding hydrogens is 520 g/mol. The number of benzene rings is 2. The van der Waals surface area contributed by atoms with Gasteiger partial charge in [0.05, 0.1) is 17.3 Å². The molecule has 3 rings (SSSR count). The molecule has 0 saturated carbocycles. The smallest absolute Gasteiger partial charge is 0.345 e. The molecule has 36 heavy (non-hydrogen) atoms. The van der Waals surface area contributed by atoms with Gasteiger partial charge in [0.15, 0.2) is 0 Å². The Hall–Kier alpha value is -3.11. The summed E-state index contributed by atoms with van der Waals surface area (Å²) in [5.74, 6) is -4.22. The van der Waals surface area contributed by atoms with Gasteiger partial charge in [-0.2, -0.15) is 13.2 Å². The number of alkyl halides is 3. The summed E-state index contributed by atoms with van der Waals surface area (Å²) in [6.07, 6.45) is -6.78. The van der Waals surface area contributed by atoms with Crippen molar-refractivity contribution in [3.05, 3.63) is 63.6 Å². The number of amides is 3. The fraction of sp³-hybridized carbons (Fsp3) is 0.333. The minimum atomic E-state index is -4.54. The minimum Gasteiger partial charge on any atom is -0.345 e. The fourth-order valence-electron chi connectivity index (χ4n) is 3.53. The number of halogens is 5. The van der Waals surface area contributed by atoms with Crippen molar-refractivity contribution >= 4 is 52.3 Å². The number of fused-ring (bicyclic) bond motifs is 1. The average Bonchev–Trinajstić information content (AvgIpc) is 2.89. The summed E-state index contributed by atoms with van der Waals surface area (Å²) in [4.78, 5) is 43.8. The number of aliphatic imine (C=N–C) groups is 1. The summed E-state index contributed by atoms with van der Waals surface area (Å²) in [6.45, 7) is 2.17. The molecule has 3 amide bonds. The third-order valence-corrected chi connectivity index (χ3v) is 6.19. The summed E-state index contributed by atoms with van der Waals surface area (Å²) in [7, 11) is 1.50. The SMILES string of the molecule is CC(CC(=O)N[C@@H](C)C(=O)NC1N=C(c2ccccc2Cl)c2cc(Cl)ccc2N(C)C1=O)C(F)(F)F. The van der Waals surface area contributed by atoms with Gasteiger partial charge in [-0.1, -0.05) is 48.3 Å². The van der Waals surface area contributed by atoms with Crippen molar-refractivity contribution in [3.8, 4) is 0 Å². The van der Waals surface area contributed by atoms with Crippen molar-refractivity contribution in [3.63, 3.8) is 0 Å². The molecule has 2 aromatic carbocycles. The monoisotopic (exact) mass is 542 g/mol. The van der Waals surface area contributed by atoms with E-state index in [9.17, 15) is 27.6 Å². The summed E-state index contributed by atoms with van der Waals surface area (Å²) in [5.41, 5.74) is 1.78. The number of carbonyl (C=O) groups is 3. The summed E-state index contributed by atoms with van der Waals surface area (Å²) < 4.78 is 38.2. The zero-order valence-corrected chi connectivity index (χ0v) is 21.0.